The lowest BCUT2D eigenvalue weighted by atomic mass is 9.92. The highest BCUT2D eigenvalue weighted by molar-refractivity contribution is 5.94. The van der Waals surface area contributed by atoms with Crippen LogP contribution in [0.15, 0.2) is 47.1 Å². The summed E-state index contributed by atoms with van der Waals surface area (Å²) in [5.74, 6) is 0.797. The molecule has 3 heterocycles. The molecule has 0 saturated carbocycles. The molecule has 2 aliphatic rings. The zero-order valence-electron chi connectivity index (χ0n) is 17.9. The van der Waals surface area contributed by atoms with Crippen LogP contribution < -0.4 is 5.32 Å². The zero-order valence-corrected chi connectivity index (χ0v) is 17.9. The minimum atomic E-state index is -0.467. The summed E-state index contributed by atoms with van der Waals surface area (Å²) >= 11 is 0. The molecule has 2 aliphatic heterocycles. The predicted octanol–water partition coefficient (Wildman–Crippen LogP) is 2.82. The molecular formula is C23H28N4O5. The van der Waals surface area contributed by atoms with E-state index in [2.05, 4.69) is 10.2 Å². The van der Waals surface area contributed by atoms with E-state index in [0.717, 1.165) is 44.5 Å². The standard InChI is InChI=1S/C23H28N4O5/c28-22(24-16-21-2-1-15-32-21)17-7-11-25(12-8-17)19-9-13-26(14-10-19)23(29)18-3-5-20(6-4-18)27(30)31/h1-6,15,17,19H,7-14,16H2,(H,24,28). The number of benzene rings is 1. The highest BCUT2D eigenvalue weighted by atomic mass is 16.6. The van der Waals surface area contributed by atoms with Crippen LogP contribution in [-0.2, 0) is 11.3 Å². The van der Waals surface area contributed by atoms with Gasteiger partial charge in [0, 0.05) is 42.7 Å². The number of hydrogen-bond acceptors (Lipinski definition) is 6. The molecule has 0 atom stereocenters. The fraction of sp³-hybridized carbons (Fsp3) is 0.478. The zero-order chi connectivity index (χ0) is 22.5. The van der Waals surface area contributed by atoms with Gasteiger partial charge in [-0.25, -0.2) is 0 Å². The molecular weight excluding hydrogens is 412 g/mol. The number of nitrogens with zero attached hydrogens (tertiary/aromatic N) is 3. The molecule has 0 spiro atoms. The summed E-state index contributed by atoms with van der Waals surface area (Å²) in [7, 11) is 0. The highest BCUT2D eigenvalue weighted by Gasteiger charge is 2.32. The molecule has 0 bridgehead atoms. The first kappa shape index (κ1) is 22.0. The Kier molecular flexibility index (Phi) is 6.84. The Morgan fingerprint density at radius 2 is 1.72 bits per heavy atom. The second-order valence-electron chi connectivity index (χ2n) is 8.43. The van der Waals surface area contributed by atoms with Crippen LogP contribution in [0, 0.1) is 16.0 Å². The number of non-ortho nitro benzene ring substituents is 1. The Labute approximate surface area is 186 Å². The van der Waals surface area contributed by atoms with Crippen molar-refractivity contribution in [3.63, 3.8) is 0 Å². The number of nitro benzene ring substituents is 1. The molecule has 1 N–H and O–H groups in total. The topological polar surface area (TPSA) is 109 Å². The number of likely N-dealkylation sites (tertiary alicyclic amines) is 2. The van der Waals surface area contributed by atoms with Crippen molar-refractivity contribution in [1.82, 2.24) is 15.1 Å². The van der Waals surface area contributed by atoms with Crippen LogP contribution >= 0.6 is 0 Å². The smallest absolute Gasteiger partial charge is 0.269 e. The molecule has 4 rings (SSSR count). The maximum Gasteiger partial charge on any atom is 0.269 e. The summed E-state index contributed by atoms with van der Waals surface area (Å²) in [6.07, 6.45) is 5.07. The molecule has 1 aromatic heterocycles. The number of hydrogen-bond donors (Lipinski definition) is 1. The lowest BCUT2D eigenvalue weighted by molar-refractivity contribution is -0.384. The van der Waals surface area contributed by atoms with Crippen LogP contribution in [0.25, 0.3) is 0 Å². The molecule has 0 unspecified atom stereocenters. The van der Waals surface area contributed by atoms with Crippen molar-refractivity contribution < 1.29 is 18.9 Å². The maximum absolute atomic E-state index is 12.7. The van der Waals surface area contributed by atoms with Crippen molar-refractivity contribution in [2.75, 3.05) is 26.2 Å². The molecule has 2 amide bonds. The van der Waals surface area contributed by atoms with Gasteiger partial charge in [0.25, 0.3) is 11.6 Å². The van der Waals surface area contributed by atoms with Crippen LogP contribution in [0.5, 0.6) is 0 Å². The van der Waals surface area contributed by atoms with E-state index in [1.54, 1.807) is 6.26 Å². The van der Waals surface area contributed by atoms with Gasteiger partial charge in [0.05, 0.1) is 17.7 Å². The molecule has 1 aromatic carbocycles. The summed E-state index contributed by atoms with van der Waals surface area (Å²) in [5, 5.41) is 13.7. The summed E-state index contributed by atoms with van der Waals surface area (Å²) in [6.45, 7) is 3.54. The van der Waals surface area contributed by atoms with Gasteiger partial charge >= 0.3 is 0 Å². The van der Waals surface area contributed by atoms with E-state index >= 15 is 0 Å². The number of furan rings is 1. The Morgan fingerprint density at radius 1 is 1.03 bits per heavy atom. The van der Waals surface area contributed by atoms with Crippen LogP contribution in [-0.4, -0.2) is 58.8 Å². The maximum atomic E-state index is 12.7. The quantitative estimate of drug-likeness (QED) is 0.547. The molecule has 2 fully saturated rings. The average Bonchev–Trinajstić information content (AvgIpc) is 3.36. The number of nitrogens with one attached hydrogen (secondary N) is 1. The van der Waals surface area contributed by atoms with Crippen LogP contribution in [0.3, 0.4) is 0 Å². The van der Waals surface area contributed by atoms with Crippen molar-refractivity contribution in [3.8, 4) is 0 Å². The van der Waals surface area contributed by atoms with Gasteiger partial charge in [0.2, 0.25) is 5.91 Å². The van der Waals surface area contributed by atoms with Crippen LogP contribution in [0.1, 0.15) is 41.8 Å². The van der Waals surface area contributed by atoms with Crippen molar-refractivity contribution in [2.45, 2.75) is 38.3 Å². The van der Waals surface area contributed by atoms with Gasteiger partial charge in [-0.2, -0.15) is 0 Å². The summed E-state index contributed by atoms with van der Waals surface area (Å²) in [6, 6.07) is 9.86. The lowest BCUT2D eigenvalue weighted by Crippen LogP contribution is -2.50. The minimum absolute atomic E-state index is 0.0155. The highest BCUT2D eigenvalue weighted by Crippen LogP contribution is 2.25. The Balaban J connectivity index is 1.20. The molecule has 9 heteroatoms. The van der Waals surface area contributed by atoms with Crippen molar-refractivity contribution in [3.05, 3.63) is 64.1 Å². The molecule has 9 nitrogen and oxygen atoms in total. The van der Waals surface area contributed by atoms with Gasteiger partial charge < -0.3 is 19.5 Å². The van der Waals surface area contributed by atoms with Gasteiger partial charge in [-0.3, -0.25) is 19.7 Å². The van der Waals surface area contributed by atoms with E-state index in [0.29, 0.717) is 31.2 Å². The largest absolute Gasteiger partial charge is 0.467 e. The fourth-order valence-electron chi connectivity index (χ4n) is 4.60. The second-order valence-corrected chi connectivity index (χ2v) is 8.43. The van der Waals surface area contributed by atoms with E-state index < -0.39 is 4.92 Å². The minimum Gasteiger partial charge on any atom is -0.467 e. The molecule has 2 aromatic rings. The first-order chi connectivity index (χ1) is 15.5. The molecule has 170 valence electrons. The fourth-order valence-corrected chi connectivity index (χ4v) is 4.60. The van der Waals surface area contributed by atoms with Crippen molar-refractivity contribution in [2.24, 2.45) is 5.92 Å². The predicted molar refractivity (Wildman–Crippen MR) is 117 cm³/mol. The Bertz CT molecular complexity index is 928. The van der Waals surface area contributed by atoms with Gasteiger partial charge in [-0.05, 0) is 63.0 Å². The number of rotatable bonds is 6. The molecule has 0 radical (unpaired) electrons. The SMILES string of the molecule is O=C(NCc1ccco1)C1CCN(C2CCN(C(=O)c3ccc([N+](=O)[O-])cc3)CC2)CC1. The van der Waals surface area contributed by atoms with Crippen molar-refractivity contribution >= 4 is 17.5 Å². The van der Waals surface area contributed by atoms with Gasteiger partial charge in [-0.15, -0.1) is 0 Å². The first-order valence-corrected chi connectivity index (χ1v) is 11.1. The number of piperidine rings is 2. The number of carbonyl (C=O) groups is 2. The van der Waals surface area contributed by atoms with Crippen LogP contribution in [0.2, 0.25) is 0 Å². The van der Waals surface area contributed by atoms with Crippen molar-refractivity contribution in [1.29, 1.82) is 0 Å². The molecule has 0 aliphatic carbocycles. The van der Waals surface area contributed by atoms with Gasteiger partial charge in [-0.1, -0.05) is 0 Å². The van der Waals surface area contributed by atoms with E-state index in [1.165, 1.54) is 24.3 Å². The monoisotopic (exact) mass is 440 g/mol. The molecule has 32 heavy (non-hydrogen) atoms. The van der Waals surface area contributed by atoms with Gasteiger partial charge in [0.15, 0.2) is 0 Å². The molecule has 2 saturated heterocycles. The first-order valence-electron chi connectivity index (χ1n) is 11.1. The summed E-state index contributed by atoms with van der Waals surface area (Å²) in [4.78, 5) is 39.8. The number of amides is 2. The third kappa shape index (κ3) is 5.16. The summed E-state index contributed by atoms with van der Waals surface area (Å²) < 4.78 is 5.26. The summed E-state index contributed by atoms with van der Waals surface area (Å²) in [5.41, 5.74) is 0.466. The second kappa shape index (κ2) is 9.95. The average molecular weight is 441 g/mol. The van der Waals surface area contributed by atoms with E-state index in [4.69, 9.17) is 4.42 Å². The lowest BCUT2D eigenvalue weighted by Gasteiger charge is -2.41. The van der Waals surface area contributed by atoms with Gasteiger partial charge in [0.1, 0.15) is 5.76 Å². The van der Waals surface area contributed by atoms with Crippen LogP contribution in [0.4, 0.5) is 5.69 Å². The Morgan fingerprint density at radius 3 is 2.31 bits per heavy atom. The van der Waals surface area contributed by atoms with E-state index in [-0.39, 0.29) is 23.4 Å². The normalized spacial score (nSPS) is 18.4. The third-order valence-electron chi connectivity index (χ3n) is 6.51. The van der Waals surface area contributed by atoms with E-state index in [1.807, 2.05) is 17.0 Å². The Hall–Kier alpha value is -3.20. The van der Waals surface area contributed by atoms with E-state index in [9.17, 15) is 19.7 Å². The number of nitro groups is 1. The third-order valence-corrected chi connectivity index (χ3v) is 6.51. The number of carbonyl (C=O) groups excluding carboxylic acids is 2.